The zero-order chi connectivity index (χ0) is 15.5. The lowest BCUT2D eigenvalue weighted by Crippen LogP contribution is -2.09. The van der Waals surface area contributed by atoms with Crippen molar-refractivity contribution in [3.05, 3.63) is 59.9 Å². The molecule has 2 aromatic rings. The fourth-order valence-corrected chi connectivity index (χ4v) is 2.61. The van der Waals surface area contributed by atoms with Crippen LogP contribution < -0.4 is 14.6 Å². The van der Waals surface area contributed by atoms with Crippen LogP contribution in [0.4, 0.5) is 4.39 Å². The van der Waals surface area contributed by atoms with E-state index >= 15 is 0 Å². The van der Waals surface area contributed by atoms with Gasteiger partial charge in [-0.2, -0.15) is 0 Å². The topological polar surface area (TPSA) is 61.5 Å². The highest BCUT2D eigenvalue weighted by molar-refractivity contribution is 7.52. The molecule has 0 aliphatic rings. The lowest BCUT2D eigenvalue weighted by atomic mass is 10.0. The molecule has 0 aliphatic heterocycles. The monoisotopic (exact) mass is 309 g/mol. The third kappa shape index (κ3) is 4.31. The second-order valence-electron chi connectivity index (χ2n) is 4.88. The molecule has 1 atom stereocenters. The van der Waals surface area contributed by atoms with Gasteiger partial charge in [0, 0.05) is 0 Å². The van der Waals surface area contributed by atoms with Crippen molar-refractivity contribution in [1.82, 2.24) is 0 Å². The van der Waals surface area contributed by atoms with Crippen LogP contribution in [0.25, 0.3) is 0 Å². The lowest BCUT2D eigenvalue weighted by Gasteiger charge is -2.16. The van der Waals surface area contributed by atoms with Gasteiger partial charge in [-0.1, -0.05) is 38.1 Å². The number of nitrogens with two attached hydrogens (primary N) is 1. The number of benzene rings is 2. The van der Waals surface area contributed by atoms with E-state index in [0.29, 0.717) is 11.7 Å². The Bertz CT molecular complexity index is 658. The molecule has 0 amide bonds. The highest BCUT2D eigenvalue weighted by atomic mass is 31.2. The molecular formula is C15H17FNO3P. The first-order valence-corrected chi connectivity index (χ1v) is 8.11. The van der Waals surface area contributed by atoms with E-state index in [2.05, 4.69) is 13.8 Å². The van der Waals surface area contributed by atoms with Crippen molar-refractivity contribution in [2.24, 2.45) is 5.50 Å². The molecule has 0 aromatic heterocycles. The molecule has 0 saturated carbocycles. The highest BCUT2D eigenvalue weighted by Crippen LogP contribution is 2.41. The smallest absolute Gasteiger partial charge is 0.405 e. The summed E-state index contributed by atoms with van der Waals surface area (Å²) in [5, 5.41) is 0. The molecule has 0 heterocycles. The molecule has 0 saturated heterocycles. The van der Waals surface area contributed by atoms with Gasteiger partial charge >= 0.3 is 7.75 Å². The first-order valence-electron chi connectivity index (χ1n) is 6.50. The van der Waals surface area contributed by atoms with Crippen molar-refractivity contribution in [2.45, 2.75) is 19.8 Å². The lowest BCUT2D eigenvalue weighted by molar-refractivity contribution is 0.377. The molecule has 2 aromatic carbocycles. The fraction of sp³-hybridized carbons (Fsp3) is 0.200. The summed E-state index contributed by atoms with van der Waals surface area (Å²) in [5.74, 6) is -0.177. The SMILES string of the molecule is CC(C)c1ccc(O[P@](N)(=O)Oc2ccccc2F)cc1. The van der Waals surface area contributed by atoms with E-state index in [1.165, 1.54) is 18.2 Å². The summed E-state index contributed by atoms with van der Waals surface area (Å²) in [6.07, 6.45) is 0. The molecule has 0 fully saturated rings. The molecular weight excluding hydrogens is 292 g/mol. The van der Waals surface area contributed by atoms with Crippen LogP contribution in [0.1, 0.15) is 25.3 Å². The average molecular weight is 309 g/mol. The zero-order valence-corrected chi connectivity index (χ0v) is 12.7. The molecule has 2 rings (SSSR count). The van der Waals surface area contributed by atoms with Gasteiger partial charge in [0.15, 0.2) is 11.6 Å². The van der Waals surface area contributed by atoms with Gasteiger partial charge < -0.3 is 9.05 Å². The summed E-state index contributed by atoms with van der Waals surface area (Å²) in [7, 11) is -3.94. The summed E-state index contributed by atoms with van der Waals surface area (Å²) in [6.45, 7) is 4.12. The van der Waals surface area contributed by atoms with Gasteiger partial charge in [0.05, 0.1) is 0 Å². The first-order chi connectivity index (χ1) is 9.87. The maximum Gasteiger partial charge on any atom is 0.510 e. The van der Waals surface area contributed by atoms with Crippen LogP contribution in [0, 0.1) is 5.82 Å². The third-order valence-corrected chi connectivity index (χ3v) is 3.76. The summed E-state index contributed by atoms with van der Waals surface area (Å²) in [4.78, 5) is 0. The van der Waals surface area contributed by atoms with Crippen molar-refractivity contribution in [3.8, 4) is 11.5 Å². The Morgan fingerprint density at radius 1 is 1.05 bits per heavy atom. The van der Waals surface area contributed by atoms with Gasteiger partial charge in [0.1, 0.15) is 5.75 Å². The normalized spacial score (nSPS) is 13.8. The van der Waals surface area contributed by atoms with Gasteiger partial charge in [-0.3, -0.25) is 0 Å². The van der Waals surface area contributed by atoms with Crippen molar-refractivity contribution < 1.29 is 18.0 Å². The molecule has 112 valence electrons. The molecule has 2 N–H and O–H groups in total. The van der Waals surface area contributed by atoms with Crippen LogP contribution in [0.3, 0.4) is 0 Å². The average Bonchev–Trinajstić information content (AvgIpc) is 2.41. The molecule has 0 spiro atoms. The Kier molecular flexibility index (Phi) is 4.66. The van der Waals surface area contributed by atoms with Crippen LogP contribution >= 0.6 is 7.75 Å². The van der Waals surface area contributed by atoms with Gasteiger partial charge in [-0.05, 0) is 35.7 Å². The Labute approximate surface area is 123 Å². The highest BCUT2D eigenvalue weighted by Gasteiger charge is 2.23. The Morgan fingerprint density at radius 2 is 1.67 bits per heavy atom. The minimum Gasteiger partial charge on any atom is -0.405 e. The van der Waals surface area contributed by atoms with E-state index < -0.39 is 13.6 Å². The summed E-state index contributed by atoms with van der Waals surface area (Å²) < 4.78 is 35.6. The molecule has 0 unspecified atom stereocenters. The van der Waals surface area contributed by atoms with E-state index in [9.17, 15) is 8.96 Å². The van der Waals surface area contributed by atoms with E-state index in [4.69, 9.17) is 14.6 Å². The van der Waals surface area contributed by atoms with E-state index in [1.807, 2.05) is 12.1 Å². The molecule has 0 aliphatic carbocycles. The number of halogens is 1. The van der Waals surface area contributed by atoms with Gasteiger partial charge in [0.25, 0.3) is 0 Å². The van der Waals surface area contributed by atoms with Crippen LogP contribution in [0.2, 0.25) is 0 Å². The number of rotatable bonds is 5. The predicted octanol–water partition coefficient (Wildman–Crippen LogP) is 4.47. The van der Waals surface area contributed by atoms with Gasteiger partial charge in [0.2, 0.25) is 0 Å². The summed E-state index contributed by atoms with van der Waals surface area (Å²) in [6, 6.07) is 12.6. The fourth-order valence-electron chi connectivity index (χ4n) is 1.73. The molecule has 0 radical (unpaired) electrons. The number of hydrogen-bond acceptors (Lipinski definition) is 3. The van der Waals surface area contributed by atoms with Crippen molar-refractivity contribution in [1.29, 1.82) is 0 Å². The quantitative estimate of drug-likeness (QED) is 0.828. The maximum atomic E-state index is 13.4. The zero-order valence-electron chi connectivity index (χ0n) is 11.8. The second-order valence-corrected chi connectivity index (χ2v) is 6.32. The van der Waals surface area contributed by atoms with Crippen LogP contribution in [0.15, 0.2) is 48.5 Å². The van der Waals surface area contributed by atoms with E-state index in [0.717, 1.165) is 5.56 Å². The Hall–Kier alpha value is -1.84. The standard InChI is InChI=1S/C15H17FNO3P/c1-11(2)12-7-9-13(10-8-12)19-21(17,18)20-15-6-4-3-5-14(15)16/h3-11H,1-2H3,(H2,17,18)/t21-/m0/s1. The van der Waals surface area contributed by atoms with Crippen molar-refractivity contribution in [2.75, 3.05) is 0 Å². The summed E-state index contributed by atoms with van der Waals surface area (Å²) >= 11 is 0. The van der Waals surface area contributed by atoms with Crippen LogP contribution in [-0.4, -0.2) is 0 Å². The Morgan fingerprint density at radius 3 is 2.24 bits per heavy atom. The molecule has 0 bridgehead atoms. The van der Waals surface area contributed by atoms with Crippen molar-refractivity contribution in [3.63, 3.8) is 0 Å². The largest absolute Gasteiger partial charge is 0.510 e. The van der Waals surface area contributed by atoms with E-state index in [-0.39, 0.29) is 5.75 Å². The number of para-hydroxylation sites is 1. The Balaban J connectivity index is 2.10. The minimum absolute atomic E-state index is 0.206. The first kappa shape index (κ1) is 15.5. The minimum atomic E-state index is -3.94. The molecule has 4 nitrogen and oxygen atoms in total. The number of hydrogen-bond donors (Lipinski definition) is 1. The predicted molar refractivity (Wildman–Crippen MR) is 80.0 cm³/mol. The van der Waals surface area contributed by atoms with Crippen LogP contribution in [-0.2, 0) is 4.57 Å². The maximum absolute atomic E-state index is 13.4. The van der Waals surface area contributed by atoms with Gasteiger partial charge in [-0.25, -0.2) is 14.5 Å². The molecule has 21 heavy (non-hydrogen) atoms. The van der Waals surface area contributed by atoms with Crippen molar-refractivity contribution >= 4 is 7.75 Å². The van der Waals surface area contributed by atoms with E-state index in [1.54, 1.807) is 18.2 Å². The van der Waals surface area contributed by atoms with Crippen LogP contribution in [0.5, 0.6) is 11.5 Å². The second kappa shape index (κ2) is 6.29. The third-order valence-electron chi connectivity index (χ3n) is 2.84. The van der Waals surface area contributed by atoms with Gasteiger partial charge in [-0.15, -0.1) is 0 Å². The summed E-state index contributed by atoms with van der Waals surface area (Å²) in [5.41, 5.74) is 6.61. The molecule has 6 heteroatoms.